The lowest BCUT2D eigenvalue weighted by molar-refractivity contribution is 0.0937. The molecule has 3 heterocycles. The number of nitrogens with one attached hydrogen (secondary N) is 1. The number of halogens is 1. The van der Waals surface area contributed by atoms with E-state index in [2.05, 4.69) is 15.4 Å². The Morgan fingerprint density at radius 1 is 1.28 bits per heavy atom. The fourth-order valence-corrected chi connectivity index (χ4v) is 3.48. The van der Waals surface area contributed by atoms with Crippen LogP contribution in [-0.4, -0.2) is 26.7 Å². The summed E-state index contributed by atoms with van der Waals surface area (Å²) in [7, 11) is 0. The average Bonchev–Trinajstić information content (AvgIpc) is 3.26. The lowest BCUT2D eigenvalue weighted by Gasteiger charge is -2.07. The zero-order valence-electron chi connectivity index (χ0n) is 16.4. The molecule has 0 aliphatic heterocycles. The number of pyridine rings is 1. The van der Waals surface area contributed by atoms with Crippen LogP contribution in [-0.2, 0) is 6.54 Å². The number of furan rings is 1. The van der Waals surface area contributed by atoms with Crippen molar-refractivity contribution < 1.29 is 9.21 Å². The summed E-state index contributed by atoms with van der Waals surface area (Å²) in [5, 5.41) is 8.86. The maximum atomic E-state index is 12.3. The van der Waals surface area contributed by atoms with Gasteiger partial charge in [0.15, 0.2) is 0 Å². The van der Waals surface area contributed by atoms with Gasteiger partial charge < -0.3 is 9.73 Å². The molecule has 0 saturated heterocycles. The molecule has 0 aliphatic rings. The second-order valence-electron chi connectivity index (χ2n) is 7.29. The van der Waals surface area contributed by atoms with Crippen LogP contribution in [0.4, 0.5) is 0 Å². The van der Waals surface area contributed by atoms with Gasteiger partial charge in [-0.2, -0.15) is 5.10 Å². The number of carbonyl (C=O) groups is 1. The van der Waals surface area contributed by atoms with Gasteiger partial charge in [0.25, 0.3) is 5.91 Å². The van der Waals surface area contributed by atoms with Crippen molar-refractivity contribution in [1.29, 1.82) is 0 Å². The van der Waals surface area contributed by atoms with Crippen molar-refractivity contribution >= 4 is 28.5 Å². The van der Waals surface area contributed by atoms with E-state index in [1.165, 1.54) is 0 Å². The number of hydrogen-bond donors (Lipinski definition) is 1. The summed E-state index contributed by atoms with van der Waals surface area (Å²) in [6.45, 7) is 6.20. The normalized spacial score (nSPS) is 11.3. The highest BCUT2D eigenvalue weighted by molar-refractivity contribution is 6.31. The summed E-state index contributed by atoms with van der Waals surface area (Å²) in [5.41, 5.74) is 3.81. The Bertz CT molecular complexity index is 1180. The minimum atomic E-state index is -0.185. The number of nitrogens with zero attached hydrogens (tertiary/aromatic N) is 3. The van der Waals surface area contributed by atoms with Crippen molar-refractivity contribution in [2.24, 2.45) is 0 Å². The van der Waals surface area contributed by atoms with Gasteiger partial charge in [0.1, 0.15) is 17.0 Å². The Hall–Kier alpha value is -3.12. The smallest absolute Gasteiger partial charge is 0.271 e. The molecule has 7 heteroatoms. The third-order valence-electron chi connectivity index (χ3n) is 4.56. The van der Waals surface area contributed by atoms with Crippen LogP contribution in [0.25, 0.3) is 22.3 Å². The minimum Gasteiger partial charge on any atom is -0.456 e. The Labute approximate surface area is 173 Å². The molecule has 1 N–H and O–H groups in total. The van der Waals surface area contributed by atoms with E-state index in [4.69, 9.17) is 16.0 Å². The summed E-state index contributed by atoms with van der Waals surface area (Å²) in [6.07, 6.45) is 3.48. The molecular formula is C22H21ClN4O2. The van der Waals surface area contributed by atoms with Gasteiger partial charge >= 0.3 is 0 Å². The minimum absolute atomic E-state index is 0.0505. The Kier molecular flexibility index (Phi) is 5.11. The number of hydrogen-bond acceptors (Lipinski definition) is 4. The summed E-state index contributed by atoms with van der Waals surface area (Å²) in [5.74, 6) is 0.542. The average molecular weight is 409 g/mol. The van der Waals surface area contributed by atoms with Gasteiger partial charge in [-0.25, -0.2) is 0 Å². The van der Waals surface area contributed by atoms with Gasteiger partial charge in [-0.05, 0) is 57.2 Å². The quantitative estimate of drug-likeness (QED) is 0.512. The molecule has 0 radical (unpaired) electrons. The highest BCUT2D eigenvalue weighted by atomic mass is 35.5. The van der Waals surface area contributed by atoms with Gasteiger partial charge in [-0.3, -0.25) is 14.5 Å². The van der Waals surface area contributed by atoms with Crippen molar-refractivity contribution in [3.05, 3.63) is 70.8 Å². The van der Waals surface area contributed by atoms with Gasteiger partial charge in [0, 0.05) is 45.7 Å². The zero-order chi connectivity index (χ0) is 20.5. The van der Waals surface area contributed by atoms with Crippen molar-refractivity contribution in [3.63, 3.8) is 0 Å². The lowest BCUT2D eigenvalue weighted by atomic mass is 10.1. The highest BCUT2D eigenvalue weighted by Crippen LogP contribution is 2.32. The molecule has 148 valence electrons. The van der Waals surface area contributed by atoms with Crippen LogP contribution in [0.3, 0.4) is 0 Å². The largest absolute Gasteiger partial charge is 0.456 e. The lowest BCUT2D eigenvalue weighted by Crippen LogP contribution is -2.30. The van der Waals surface area contributed by atoms with Crippen LogP contribution in [0, 0.1) is 6.92 Å². The first-order valence-electron chi connectivity index (χ1n) is 9.38. The van der Waals surface area contributed by atoms with E-state index in [-0.39, 0.29) is 11.9 Å². The molecule has 3 aromatic heterocycles. The fourth-order valence-electron chi connectivity index (χ4n) is 3.23. The van der Waals surface area contributed by atoms with Gasteiger partial charge in [0.2, 0.25) is 0 Å². The molecule has 0 saturated carbocycles. The first-order chi connectivity index (χ1) is 13.9. The number of amides is 1. The molecule has 0 fully saturated rings. The first-order valence-corrected chi connectivity index (χ1v) is 9.76. The van der Waals surface area contributed by atoms with E-state index in [1.54, 1.807) is 23.1 Å². The second-order valence-corrected chi connectivity index (χ2v) is 7.73. The SMILES string of the molecule is Cc1cc(C(=O)NC(C)C)nn1Cc1cc(Cl)cc2cc(-c3cccnc3)oc12. The summed E-state index contributed by atoms with van der Waals surface area (Å²) < 4.78 is 7.92. The van der Waals surface area contributed by atoms with E-state index < -0.39 is 0 Å². The molecule has 29 heavy (non-hydrogen) atoms. The molecule has 0 spiro atoms. The van der Waals surface area contributed by atoms with Crippen molar-refractivity contribution in [1.82, 2.24) is 20.1 Å². The predicted octanol–water partition coefficient (Wildman–Crippen LogP) is 4.84. The molecule has 4 rings (SSSR count). The molecule has 0 atom stereocenters. The summed E-state index contributed by atoms with van der Waals surface area (Å²) in [4.78, 5) is 16.4. The molecule has 1 aromatic carbocycles. The Balaban J connectivity index is 1.70. The number of rotatable bonds is 5. The molecule has 1 amide bonds. The van der Waals surface area contributed by atoms with Gasteiger partial charge in [0.05, 0.1) is 6.54 Å². The summed E-state index contributed by atoms with van der Waals surface area (Å²) in [6, 6.07) is 11.4. The Morgan fingerprint density at radius 2 is 2.10 bits per heavy atom. The summed E-state index contributed by atoms with van der Waals surface area (Å²) >= 11 is 6.35. The monoisotopic (exact) mass is 408 g/mol. The number of fused-ring (bicyclic) bond motifs is 1. The predicted molar refractivity (Wildman–Crippen MR) is 113 cm³/mol. The van der Waals surface area contributed by atoms with Crippen LogP contribution in [0.1, 0.15) is 35.6 Å². The third kappa shape index (κ3) is 4.03. The standard InChI is InChI=1S/C22H21ClN4O2/c1-13(2)25-22(28)19-7-14(3)27(26-19)12-17-9-18(23)8-16-10-20(29-21(16)17)15-5-4-6-24-11-15/h4-11,13H,12H2,1-3H3,(H,25,28). The van der Waals surface area contributed by atoms with E-state index in [0.717, 1.165) is 33.6 Å². The molecule has 0 bridgehead atoms. The van der Waals surface area contributed by atoms with E-state index >= 15 is 0 Å². The van der Waals surface area contributed by atoms with E-state index in [1.807, 2.05) is 51.1 Å². The van der Waals surface area contributed by atoms with Crippen molar-refractivity contribution in [3.8, 4) is 11.3 Å². The second kappa shape index (κ2) is 7.72. The molecule has 6 nitrogen and oxygen atoms in total. The zero-order valence-corrected chi connectivity index (χ0v) is 17.2. The molecule has 0 unspecified atom stereocenters. The third-order valence-corrected chi connectivity index (χ3v) is 4.78. The Morgan fingerprint density at radius 3 is 2.83 bits per heavy atom. The van der Waals surface area contributed by atoms with Crippen molar-refractivity contribution in [2.75, 3.05) is 0 Å². The van der Waals surface area contributed by atoms with Crippen LogP contribution >= 0.6 is 11.6 Å². The highest BCUT2D eigenvalue weighted by Gasteiger charge is 2.16. The number of benzene rings is 1. The maximum absolute atomic E-state index is 12.3. The van der Waals surface area contributed by atoms with Crippen LogP contribution in [0.2, 0.25) is 5.02 Å². The fraction of sp³-hybridized carbons (Fsp3) is 0.227. The van der Waals surface area contributed by atoms with Gasteiger partial charge in [-0.15, -0.1) is 0 Å². The topological polar surface area (TPSA) is 73.0 Å². The van der Waals surface area contributed by atoms with Crippen LogP contribution < -0.4 is 5.32 Å². The number of aryl methyl sites for hydroxylation is 1. The van der Waals surface area contributed by atoms with Crippen molar-refractivity contribution in [2.45, 2.75) is 33.4 Å². The number of carbonyl (C=O) groups excluding carboxylic acids is 1. The van der Waals surface area contributed by atoms with Gasteiger partial charge in [-0.1, -0.05) is 11.6 Å². The molecular weight excluding hydrogens is 388 g/mol. The van der Waals surface area contributed by atoms with E-state index in [0.29, 0.717) is 17.3 Å². The van der Waals surface area contributed by atoms with E-state index in [9.17, 15) is 4.79 Å². The maximum Gasteiger partial charge on any atom is 0.271 e. The molecule has 0 aliphatic carbocycles. The molecule has 4 aromatic rings. The number of aromatic nitrogens is 3. The van der Waals surface area contributed by atoms with Crippen LogP contribution in [0.5, 0.6) is 0 Å². The van der Waals surface area contributed by atoms with Crippen LogP contribution in [0.15, 0.2) is 53.2 Å². The first kappa shape index (κ1) is 19.2.